The monoisotopic (exact) mass is 207 g/mol. The van der Waals surface area contributed by atoms with E-state index in [0.29, 0.717) is 6.54 Å². The Morgan fingerprint density at radius 3 is 2.43 bits per heavy atom. The Morgan fingerprint density at radius 1 is 1.21 bits per heavy atom. The second-order valence-electron chi connectivity index (χ2n) is 3.34. The molecule has 1 aliphatic rings. The molecule has 1 aliphatic heterocycles. The first kappa shape index (κ1) is 11.8. The van der Waals surface area contributed by atoms with Gasteiger partial charge in [0.2, 0.25) is 0 Å². The highest BCUT2D eigenvalue weighted by atomic mass is 16.7. The third-order valence-electron chi connectivity index (χ3n) is 2.21. The second-order valence-corrected chi connectivity index (χ2v) is 3.34. The fourth-order valence-corrected chi connectivity index (χ4v) is 1.34. The minimum absolute atomic E-state index is 0.233. The summed E-state index contributed by atoms with van der Waals surface area (Å²) in [5.41, 5.74) is 5.21. The molecule has 0 aromatic carbocycles. The van der Waals surface area contributed by atoms with Crippen LogP contribution in [0.4, 0.5) is 0 Å². The molecule has 0 saturated carbocycles. The zero-order valence-electron chi connectivity index (χ0n) is 8.04. The molecular weight excluding hydrogens is 190 g/mol. The van der Waals surface area contributed by atoms with E-state index in [1.165, 1.54) is 0 Å². The number of hydrogen-bond acceptors (Lipinski definition) is 6. The molecule has 0 spiro atoms. The molecule has 5 atom stereocenters. The van der Waals surface area contributed by atoms with Crippen molar-refractivity contribution in [3.8, 4) is 0 Å². The molecule has 1 rings (SSSR count). The highest BCUT2D eigenvalue weighted by Gasteiger charge is 2.42. The van der Waals surface area contributed by atoms with Crippen LogP contribution in [0.2, 0.25) is 0 Å². The summed E-state index contributed by atoms with van der Waals surface area (Å²) in [6, 6.07) is 0. The number of nitrogens with two attached hydrogens (primary N) is 1. The Labute approximate surface area is 82.2 Å². The van der Waals surface area contributed by atoms with E-state index in [4.69, 9.17) is 15.2 Å². The number of rotatable bonds is 3. The Bertz CT molecular complexity index is 179. The molecule has 0 aliphatic carbocycles. The molecule has 6 heteroatoms. The van der Waals surface area contributed by atoms with Crippen LogP contribution in [0.15, 0.2) is 0 Å². The lowest BCUT2D eigenvalue weighted by Gasteiger charge is -2.38. The average molecular weight is 207 g/mol. The van der Waals surface area contributed by atoms with Crippen LogP contribution in [0.3, 0.4) is 0 Å². The van der Waals surface area contributed by atoms with E-state index < -0.39 is 30.7 Å². The first-order chi connectivity index (χ1) is 6.57. The van der Waals surface area contributed by atoms with Crippen LogP contribution < -0.4 is 5.73 Å². The molecule has 0 amide bonds. The molecule has 1 heterocycles. The quantitative estimate of drug-likeness (QED) is 0.418. The van der Waals surface area contributed by atoms with Gasteiger partial charge in [-0.2, -0.15) is 0 Å². The molecule has 5 N–H and O–H groups in total. The number of aliphatic hydroxyl groups is 3. The van der Waals surface area contributed by atoms with Gasteiger partial charge in [-0.1, -0.05) is 0 Å². The zero-order valence-corrected chi connectivity index (χ0v) is 8.04. The maximum absolute atomic E-state index is 9.45. The third-order valence-corrected chi connectivity index (χ3v) is 2.21. The SMILES string of the molecule is C[C@@H]1O[C@H](OCCN)[C@@H](O)[C@H](O)[C@@H]1O. The first-order valence-corrected chi connectivity index (χ1v) is 4.59. The standard InChI is InChI=1S/C8H17NO5/c1-4-5(10)6(11)7(12)8(14-4)13-3-2-9/h4-8,10-12H,2-3,9H2,1H3/t4-,5+,6+,7-,8-/m0/s1. The van der Waals surface area contributed by atoms with Gasteiger partial charge < -0.3 is 30.5 Å². The van der Waals surface area contributed by atoms with Crippen LogP contribution in [-0.2, 0) is 9.47 Å². The van der Waals surface area contributed by atoms with E-state index in [0.717, 1.165) is 0 Å². The maximum Gasteiger partial charge on any atom is 0.186 e. The Hall–Kier alpha value is -0.240. The summed E-state index contributed by atoms with van der Waals surface area (Å²) in [6.07, 6.45) is -5.08. The van der Waals surface area contributed by atoms with Crippen LogP contribution in [0.1, 0.15) is 6.92 Å². The molecule has 1 saturated heterocycles. The summed E-state index contributed by atoms with van der Waals surface area (Å²) < 4.78 is 10.2. The van der Waals surface area contributed by atoms with Gasteiger partial charge in [-0.3, -0.25) is 0 Å². The lowest BCUT2D eigenvalue weighted by molar-refractivity contribution is -0.292. The van der Waals surface area contributed by atoms with Crippen LogP contribution in [0.5, 0.6) is 0 Å². The summed E-state index contributed by atoms with van der Waals surface area (Å²) in [7, 11) is 0. The van der Waals surface area contributed by atoms with E-state index in [1.54, 1.807) is 6.92 Å². The van der Waals surface area contributed by atoms with Gasteiger partial charge in [0.15, 0.2) is 6.29 Å². The van der Waals surface area contributed by atoms with Crippen LogP contribution >= 0.6 is 0 Å². The van der Waals surface area contributed by atoms with Crippen LogP contribution in [-0.4, -0.2) is 59.2 Å². The molecule has 0 radical (unpaired) electrons. The summed E-state index contributed by atoms with van der Waals surface area (Å²) >= 11 is 0. The highest BCUT2D eigenvalue weighted by molar-refractivity contribution is 4.87. The van der Waals surface area contributed by atoms with Crippen molar-refractivity contribution in [2.24, 2.45) is 5.73 Å². The van der Waals surface area contributed by atoms with Gasteiger partial charge in [0, 0.05) is 6.54 Å². The van der Waals surface area contributed by atoms with Crippen LogP contribution in [0.25, 0.3) is 0 Å². The van der Waals surface area contributed by atoms with Gasteiger partial charge in [0.1, 0.15) is 18.3 Å². The summed E-state index contributed by atoms with van der Waals surface area (Å²) in [5, 5.41) is 28.2. The minimum atomic E-state index is -1.25. The predicted molar refractivity (Wildman–Crippen MR) is 47.4 cm³/mol. The lowest BCUT2D eigenvalue weighted by Crippen LogP contribution is -2.57. The third kappa shape index (κ3) is 2.41. The topological polar surface area (TPSA) is 105 Å². The number of ether oxygens (including phenoxy) is 2. The molecule has 0 unspecified atom stereocenters. The zero-order chi connectivity index (χ0) is 10.7. The summed E-state index contributed by atoms with van der Waals surface area (Å²) in [5.74, 6) is 0. The van der Waals surface area contributed by atoms with Crippen LogP contribution in [0, 0.1) is 0 Å². The van der Waals surface area contributed by atoms with E-state index in [9.17, 15) is 15.3 Å². The van der Waals surface area contributed by atoms with Crippen molar-refractivity contribution in [1.82, 2.24) is 0 Å². The van der Waals surface area contributed by atoms with Crippen molar-refractivity contribution < 1.29 is 24.8 Å². The maximum atomic E-state index is 9.45. The van der Waals surface area contributed by atoms with Gasteiger partial charge in [0.05, 0.1) is 12.7 Å². The fourth-order valence-electron chi connectivity index (χ4n) is 1.34. The van der Waals surface area contributed by atoms with Crippen molar-refractivity contribution in [3.63, 3.8) is 0 Å². The van der Waals surface area contributed by atoms with E-state index >= 15 is 0 Å². The van der Waals surface area contributed by atoms with Crippen molar-refractivity contribution in [3.05, 3.63) is 0 Å². The van der Waals surface area contributed by atoms with Gasteiger partial charge in [-0.25, -0.2) is 0 Å². The normalized spacial score (nSPS) is 43.9. The molecule has 14 heavy (non-hydrogen) atoms. The predicted octanol–water partition coefficient (Wildman–Crippen LogP) is -2.21. The second kappa shape index (κ2) is 5.01. The lowest BCUT2D eigenvalue weighted by atomic mass is 10.0. The van der Waals surface area contributed by atoms with Crippen molar-refractivity contribution in [2.75, 3.05) is 13.2 Å². The Balaban J connectivity index is 2.52. The van der Waals surface area contributed by atoms with Crippen molar-refractivity contribution in [2.45, 2.75) is 37.6 Å². The molecule has 0 aromatic heterocycles. The van der Waals surface area contributed by atoms with Crippen molar-refractivity contribution in [1.29, 1.82) is 0 Å². The van der Waals surface area contributed by atoms with Gasteiger partial charge in [-0.05, 0) is 6.92 Å². The average Bonchev–Trinajstić information content (AvgIpc) is 2.18. The summed E-state index contributed by atoms with van der Waals surface area (Å²) in [6.45, 7) is 2.13. The Morgan fingerprint density at radius 2 is 1.86 bits per heavy atom. The molecule has 0 bridgehead atoms. The molecule has 0 aromatic rings. The first-order valence-electron chi connectivity index (χ1n) is 4.59. The van der Waals surface area contributed by atoms with Gasteiger partial charge in [0.25, 0.3) is 0 Å². The molecular formula is C8H17NO5. The minimum Gasteiger partial charge on any atom is -0.388 e. The van der Waals surface area contributed by atoms with Gasteiger partial charge in [-0.15, -0.1) is 0 Å². The van der Waals surface area contributed by atoms with E-state index in [1.807, 2.05) is 0 Å². The molecule has 1 fully saturated rings. The molecule has 6 nitrogen and oxygen atoms in total. The highest BCUT2D eigenvalue weighted by Crippen LogP contribution is 2.21. The Kier molecular flexibility index (Phi) is 4.24. The van der Waals surface area contributed by atoms with E-state index in [-0.39, 0.29) is 6.61 Å². The van der Waals surface area contributed by atoms with Gasteiger partial charge >= 0.3 is 0 Å². The fraction of sp³-hybridized carbons (Fsp3) is 1.00. The van der Waals surface area contributed by atoms with E-state index in [2.05, 4.69) is 0 Å². The van der Waals surface area contributed by atoms with Crippen molar-refractivity contribution >= 4 is 0 Å². The largest absolute Gasteiger partial charge is 0.388 e. The summed E-state index contributed by atoms with van der Waals surface area (Å²) in [4.78, 5) is 0. The molecule has 84 valence electrons. The number of hydrogen-bond donors (Lipinski definition) is 4. The number of aliphatic hydroxyl groups excluding tert-OH is 3. The smallest absolute Gasteiger partial charge is 0.186 e.